The molecule has 0 saturated carbocycles. The lowest BCUT2D eigenvalue weighted by molar-refractivity contribution is 0.167. The summed E-state index contributed by atoms with van der Waals surface area (Å²) in [5.74, 6) is 1.80. The highest BCUT2D eigenvalue weighted by molar-refractivity contribution is 9.13. The van der Waals surface area contributed by atoms with Crippen molar-refractivity contribution in [3.05, 3.63) is 44.7 Å². The zero-order chi connectivity index (χ0) is 13.4. The molecule has 0 bridgehead atoms. The summed E-state index contributed by atoms with van der Waals surface area (Å²) in [7, 11) is 0. The van der Waals surface area contributed by atoms with Crippen molar-refractivity contribution < 1.29 is 19.0 Å². The van der Waals surface area contributed by atoms with Crippen LogP contribution >= 0.6 is 31.9 Å². The summed E-state index contributed by atoms with van der Waals surface area (Å²) in [5.41, 5.74) is 0.693. The molecule has 100 valence electrons. The average molecular weight is 390 g/mol. The van der Waals surface area contributed by atoms with Gasteiger partial charge < -0.3 is 19.0 Å². The summed E-state index contributed by atoms with van der Waals surface area (Å²) in [6, 6.07) is 7.08. The number of ether oxygens (including phenoxy) is 2. The van der Waals surface area contributed by atoms with E-state index in [0.29, 0.717) is 40.7 Å². The number of aliphatic hydroxyl groups is 1. The first kappa shape index (κ1) is 13.0. The molecular formula is C13H10Br2O4. The number of rotatable bonds is 2. The van der Waals surface area contributed by atoms with E-state index in [4.69, 9.17) is 13.9 Å². The summed E-state index contributed by atoms with van der Waals surface area (Å²) >= 11 is 6.57. The van der Waals surface area contributed by atoms with Gasteiger partial charge in [-0.25, -0.2) is 0 Å². The maximum absolute atomic E-state index is 10.3. The Morgan fingerprint density at radius 2 is 1.79 bits per heavy atom. The number of furan rings is 1. The molecule has 4 nitrogen and oxygen atoms in total. The molecule has 0 saturated heterocycles. The number of fused-ring (bicyclic) bond motifs is 1. The van der Waals surface area contributed by atoms with Gasteiger partial charge in [-0.05, 0) is 55.6 Å². The molecule has 0 spiro atoms. The lowest BCUT2D eigenvalue weighted by Crippen LogP contribution is -2.15. The van der Waals surface area contributed by atoms with Crippen LogP contribution in [0.15, 0.2) is 37.8 Å². The Morgan fingerprint density at radius 1 is 1.05 bits per heavy atom. The van der Waals surface area contributed by atoms with E-state index < -0.39 is 6.10 Å². The molecule has 1 aliphatic heterocycles. The van der Waals surface area contributed by atoms with Gasteiger partial charge in [-0.2, -0.15) is 0 Å². The van der Waals surface area contributed by atoms with E-state index in [2.05, 4.69) is 31.9 Å². The highest BCUT2D eigenvalue weighted by Crippen LogP contribution is 2.36. The average Bonchev–Trinajstić information content (AvgIpc) is 2.77. The van der Waals surface area contributed by atoms with Crippen molar-refractivity contribution in [3.63, 3.8) is 0 Å². The Morgan fingerprint density at radius 3 is 2.47 bits per heavy atom. The highest BCUT2D eigenvalue weighted by Gasteiger charge is 2.20. The van der Waals surface area contributed by atoms with E-state index in [1.807, 2.05) is 0 Å². The molecular weight excluding hydrogens is 380 g/mol. The maximum atomic E-state index is 10.3. The van der Waals surface area contributed by atoms with Crippen LogP contribution in [0.1, 0.15) is 17.4 Å². The van der Waals surface area contributed by atoms with Crippen molar-refractivity contribution in [2.75, 3.05) is 13.2 Å². The molecule has 1 unspecified atom stereocenters. The summed E-state index contributed by atoms with van der Waals surface area (Å²) < 4.78 is 17.7. The quantitative estimate of drug-likeness (QED) is 0.851. The second-order valence-corrected chi connectivity index (χ2v) is 5.65. The predicted octanol–water partition coefficient (Wildman–Crippen LogP) is 3.66. The van der Waals surface area contributed by atoms with E-state index in [9.17, 15) is 5.11 Å². The van der Waals surface area contributed by atoms with Gasteiger partial charge in [0.25, 0.3) is 0 Å². The molecule has 3 rings (SSSR count). The van der Waals surface area contributed by atoms with Gasteiger partial charge >= 0.3 is 0 Å². The van der Waals surface area contributed by atoms with E-state index in [1.54, 1.807) is 24.3 Å². The fourth-order valence-corrected chi connectivity index (χ4v) is 2.50. The zero-order valence-electron chi connectivity index (χ0n) is 9.73. The van der Waals surface area contributed by atoms with Crippen molar-refractivity contribution in [1.82, 2.24) is 0 Å². The molecule has 1 aliphatic rings. The molecule has 2 heterocycles. The van der Waals surface area contributed by atoms with Gasteiger partial charge in [0.2, 0.25) is 0 Å². The number of hydrogen-bond donors (Lipinski definition) is 1. The molecule has 0 amide bonds. The van der Waals surface area contributed by atoms with Crippen molar-refractivity contribution in [3.8, 4) is 11.5 Å². The van der Waals surface area contributed by atoms with Crippen molar-refractivity contribution >= 4 is 31.9 Å². The van der Waals surface area contributed by atoms with Gasteiger partial charge in [0.1, 0.15) is 25.1 Å². The molecule has 0 aliphatic carbocycles. The molecule has 19 heavy (non-hydrogen) atoms. The summed E-state index contributed by atoms with van der Waals surface area (Å²) in [6.07, 6.45) is -0.849. The van der Waals surface area contributed by atoms with E-state index in [1.165, 1.54) is 0 Å². The maximum Gasteiger partial charge on any atom is 0.183 e. The normalized spacial score (nSPS) is 15.3. The first-order chi connectivity index (χ1) is 9.15. The predicted molar refractivity (Wildman–Crippen MR) is 75.6 cm³/mol. The Balaban J connectivity index is 1.93. The summed E-state index contributed by atoms with van der Waals surface area (Å²) in [4.78, 5) is 0. The Bertz CT molecular complexity index is 589. The minimum absolute atomic E-state index is 0.454. The largest absolute Gasteiger partial charge is 0.486 e. The van der Waals surface area contributed by atoms with Crippen molar-refractivity contribution in [2.45, 2.75) is 6.10 Å². The van der Waals surface area contributed by atoms with E-state index in [-0.39, 0.29) is 0 Å². The molecule has 1 aromatic heterocycles. The standard InChI is InChI=1S/C13H10Br2O4/c14-8-6-11(19-13(8)15)12(16)7-1-2-9-10(5-7)18-4-3-17-9/h1-2,5-6,12,16H,3-4H2. The molecule has 1 aromatic carbocycles. The van der Waals surface area contributed by atoms with E-state index >= 15 is 0 Å². The third-order valence-corrected chi connectivity index (χ3v) is 4.53. The molecule has 0 fully saturated rings. The van der Waals surface area contributed by atoms with Gasteiger partial charge in [0, 0.05) is 0 Å². The summed E-state index contributed by atoms with van der Waals surface area (Å²) in [6.45, 7) is 1.07. The highest BCUT2D eigenvalue weighted by atomic mass is 79.9. The van der Waals surface area contributed by atoms with Crippen molar-refractivity contribution in [1.29, 1.82) is 0 Å². The number of benzene rings is 1. The Kier molecular flexibility index (Phi) is 3.56. The lowest BCUT2D eigenvalue weighted by atomic mass is 10.1. The van der Waals surface area contributed by atoms with Crippen LogP contribution in [0.4, 0.5) is 0 Å². The molecule has 1 atom stereocenters. The Labute approximate surface area is 126 Å². The van der Waals surface area contributed by atoms with Gasteiger partial charge in [0.05, 0.1) is 4.47 Å². The fraction of sp³-hybridized carbons (Fsp3) is 0.231. The van der Waals surface area contributed by atoms with Crippen LogP contribution in [0.25, 0.3) is 0 Å². The first-order valence-electron chi connectivity index (χ1n) is 5.67. The van der Waals surface area contributed by atoms with Crippen LogP contribution in [0.5, 0.6) is 11.5 Å². The molecule has 6 heteroatoms. The van der Waals surface area contributed by atoms with Crippen molar-refractivity contribution in [2.24, 2.45) is 0 Å². The number of hydrogen-bond acceptors (Lipinski definition) is 4. The smallest absolute Gasteiger partial charge is 0.183 e. The lowest BCUT2D eigenvalue weighted by Gasteiger charge is -2.19. The first-order valence-corrected chi connectivity index (χ1v) is 7.26. The van der Waals surface area contributed by atoms with Gasteiger partial charge in [-0.1, -0.05) is 6.07 Å². The van der Waals surface area contributed by atoms with E-state index in [0.717, 1.165) is 4.47 Å². The molecule has 0 radical (unpaired) electrons. The van der Waals surface area contributed by atoms with Crippen LogP contribution in [0.3, 0.4) is 0 Å². The second-order valence-electron chi connectivity index (χ2n) is 4.08. The van der Waals surface area contributed by atoms with Gasteiger partial charge in [0.15, 0.2) is 16.2 Å². The SMILES string of the molecule is OC(c1ccc2c(c1)OCCO2)c1cc(Br)c(Br)o1. The van der Waals surface area contributed by atoms with Crippen LogP contribution in [-0.4, -0.2) is 18.3 Å². The minimum Gasteiger partial charge on any atom is -0.486 e. The molecule has 2 aromatic rings. The van der Waals surface area contributed by atoms with Crippen LogP contribution < -0.4 is 9.47 Å². The zero-order valence-corrected chi connectivity index (χ0v) is 12.9. The number of aliphatic hydroxyl groups excluding tert-OH is 1. The number of halogens is 2. The second kappa shape index (κ2) is 5.19. The van der Waals surface area contributed by atoms with Crippen LogP contribution in [0, 0.1) is 0 Å². The van der Waals surface area contributed by atoms with Crippen LogP contribution in [-0.2, 0) is 0 Å². The minimum atomic E-state index is -0.849. The van der Waals surface area contributed by atoms with Gasteiger partial charge in [-0.3, -0.25) is 0 Å². The summed E-state index contributed by atoms with van der Waals surface area (Å²) in [5, 5.41) is 10.3. The monoisotopic (exact) mass is 388 g/mol. The topological polar surface area (TPSA) is 51.8 Å². The van der Waals surface area contributed by atoms with Gasteiger partial charge in [-0.15, -0.1) is 0 Å². The Hall–Kier alpha value is -0.980. The third kappa shape index (κ3) is 2.52. The fourth-order valence-electron chi connectivity index (χ4n) is 1.89. The third-order valence-electron chi connectivity index (χ3n) is 2.82. The molecule has 1 N–H and O–H groups in total. The van der Waals surface area contributed by atoms with Crippen LogP contribution in [0.2, 0.25) is 0 Å².